The highest BCUT2D eigenvalue weighted by atomic mass is 16.6. The van der Waals surface area contributed by atoms with Gasteiger partial charge in [-0.2, -0.15) is 0 Å². The molecule has 25 heavy (non-hydrogen) atoms. The number of carboxylic acid groups (broad SMARTS) is 1. The van der Waals surface area contributed by atoms with Gasteiger partial charge in [0.25, 0.3) is 0 Å². The van der Waals surface area contributed by atoms with E-state index < -0.39 is 24.2 Å². The van der Waals surface area contributed by atoms with Crippen LogP contribution in [0.25, 0.3) is 0 Å². The standard InChI is InChI=1S/C17H23N3O5/c1-12(2)18-16(23)19-9-6-10-20(19)17(24)25-14(15(21)22)11-13-7-4-3-5-8-13/h3-5,7-8,12,14H,6,9-11H2,1-2H3,(H,18,23)(H,21,22)/t14-/m0/s1. The van der Waals surface area contributed by atoms with Crippen LogP contribution in [0.4, 0.5) is 9.59 Å². The molecule has 0 saturated carbocycles. The molecule has 1 aliphatic heterocycles. The van der Waals surface area contributed by atoms with Crippen molar-refractivity contribution in [2.75, 3.05) is 13.1 Å². The molecule has 1 aliphatic rings. The summed E-state index contributed by atoms with van der Waals surface area (Å²) in [5.74, 6) is -1.23. The normalized spacial score (nSPS) is 15.2. The molecule has 1 aromatic carbocycles. The van der Waals surface area contributed by atoms with E-state index >= 15 is 0 Å². The van der Waals surface area contributed by atoms with E-state index in [0.29, 0.717) is 19.5 Å². The summed E-state index contributed by atoms with van der Waals surface area (Å²) in [6.45, 7) is 4.32. The summed E-state index contributed by atoms with van der Waals surface area (Å²) in [6, 6.07) is 8.45. The molecule has 8 nitrogen and oxygen atoms in total. The number of carbonyl (C=O) groups is 3. The number of urea groups is 1. The molecule has 1 saturated heterocycles. The van der Waals surface area contributed by atoms with Crippen molar-refractivity contribution in [2.45, 2.75) is 38.8 Å². The van der Waals surface area contributed by atoms with Gasteiger partial charge in [0, 0.05) is 25.6 Å². The third-order valence-corrected chi connectivity index (χ3v) is 3.67. The summed E-state index contributed by atoms with van der Waals surface area (Å²) in [6.07, 6.45) is -1.48. The van der Waals surface area contributed by atoms with Gasteiger partial charge in [-0.25, -0.2) is 24.4 Å². The lowest BCUT2D eigenvalue weighted by molar-refractivity contribution is -0.147. The average molecular weight is 349 g/mol. The lowest BCUT2D eigenvalue weighted by atomic mass is 10.1. The van der Waals surface area contributed by atoms with Gasteiger partial charge >= 0.3 is 18.1 Å². The van der Waals surface area contributed by atoms with Crippen molar-refractivity contribution < 1.29 is 24.2 Å². The molecule has 136 valence electrons. The second kappa shape index (κ2) is 8.36. The van der Waals surface area contributed by atoms with E-state index in [1.54, 1.807) is 24.3 Å². The lowest BCUT2D eigenvalue weighted by Gasteiger charge is -2.29. The topological polar surface area (TPSA) is 99.2 Å². The van der Waals surface area contributed by atoms with Crippen LogP contribution in [0.2, 0.25) is 0 Å². The first-order valence-electron chi connectivity index (χ1n) is 8.21. The highest BCUT2D eigenvalue weighted by Gasteiger charge is 2.34. The van der Waals surface area contributed by atoms with Crippen LogP contribution in [0.3, 0.4) is 0 Å². The van der Waals surface area contributed by atoms with Crippen molar-refractivity contribution in [1.82, 2.24) is 15.3 Å². The van der Waals surface area contributed by atoms with Crippen LogP contribution in [0.1, 0.15) is 25.8 Å². The molecular weight excluding hydrogens is 326 g/mol. The first-order valence-corrected chi connectivity index (χ1v) is 8.21. The fraction of sp³-hybridized carbons (Fsp3) is 0.471. The minimum atomic E-state index is -1.31. The second-order valence-corrected chi connectivity index (χ2v) is 6.10. The highest BCUT2D eigenvalue weighted by molar-refractivity contribution is 5.81. The number of aliphatic carboxylic acids is 1. The number of nitrogens with one attached hydrogen (secondary N) is 1. The Morgan fingerprint density at radius 1 is 1.16 bits per heavy atom. The van der Waals surface area contributed by atoms with Gasteiger partial charge in [-0.05, 0) is 25.8 Å². The molecule has 0 aromatic heterocycles. The Labute approximate surface area is 146 Å². The third kappa shape index (κ3) is 5.10. The fourth-order valence-corrected chi connectivity index (χ4v) is 2.52. The van der Waals surface area contributed by atoms with E-state index in [9.17, 15) is 19.5 Å². The number of carboxylic acids is 1. The van der Waals surface area contributed by atoms with Gasteiger partial charge in [-0.1, -0.05) is 30.3 Å². The summed E-state index contributed by atoms with van der Waals surface area (Å²) in [4.78, 5) is 35.9. The fourth-order valence-electron chi connectivity index (χ4n) is 2.52. The van der Waals surface area contributed by atoms with Crippen molar-refractivity contribution in [3.8, 4) is 0 Å². The zero-order valence-electron chi connectivity index (χ0n) is 14.3. The minimum Gasteiger partial charge on any atom is -0.478 e. The number of hydrazine groups is 1. The molecule has 0 radical (unpaired) electrons. The highest BCUT2D eigenvalue weighted by Crippen LogP contribution is 2.15. The number of benzene rings is 1. The van der Waals surface area contributed by atoms with Crippen molar-refractivity contribution in [3.05, 3.63) is 35.9 Å². The maximum absolute atomic E-state index is 12.4. The van der Waals surface area contributed by atoms with Crippen molar-refractivity contribution in [1.29, 1.82) is 0 Å². The molecule has 0 aliphatic carbocycles. The van der Waals surface area contributed by atoms with E-state index in [-0.39, 0.29) is 12.5 Å². The molecule has 0 spiro atoms. The van der Waals surface area contributed by atoms with Crippen LogP contribution in [-0.2, 0) is 16.0 Å². The predicted octanol–water partition coefficient (Wildman–Crippen LogP) is 1.86. The lowest BCUT2D eigenvalue weighted by Crippen LogP contribution is -2.51. The Morgan fingerprint density at radius 2 is 1.80 bits per heavy atom. The zero-order chi connectivity index (χ0) is 18.4. The van der Waals surface area contributed by atoms with Gasteiger partial charge in [-0.15, -0.1) is 0 Å². The van der Waals surface area contributed by atoms with Crippen LogP contribution < -0.4 is 5.32 Å². The summed E-state index contributed by atoms with van der Waals surface area (Å²) >= 11 is 0. The first kappa shape index (κ1) is 18.6. The van der Waals surface area contributed by atoms with Gasteiger partial charge < -0.3 is 15.2 Å². The van der Waals surface area contributed by atoms with Crippen molar-refractivity contribution in [3.63, 3.8) is 0 Å². The third-order valence-electron chi connectivity index (χ3n) is 3.67. The van der Waals surface area contributed by atoms with Crippen molar-refractivity contribution in [2.24, 2.45) is 0 Å². The van der Waals surface area contributed by atoms with E-state index in [1.165, 1.54) is 5.01 Å². The van der Waals surface area contributed by atoms with Gasteiger partial charge in [0.15, 0.2) is 0 Å². The Bertz CT molecular complexity index is 620. The Kier molecular flexibility index (Phi) is 6.21. The molecule has 2 rings (SSSR count). The van der Waals surface area contributed by atoms with Gasteiger partial charge in [-0.3, -0.25) is 0 Å². The van der Waals surface area contributed by atoms with Crippen LogP contribution in [0.15, 0.2) is 30.3 Å². The molecule has 8 heteroatoms. The molecule has 1 fully saturated rings. The van der Waals surface area contributed by atoms with E-state index in [0.717, 1.165) is 10.6 Å². The van der Waals surface area contributed by atoms with Crippen LogP contribution in [0.5, 0.6) is 0 Å². The zero-order valence-corrected chi connectivity index (χ0v) is 14.3. The van der Waals surface area contributed by atoms with E-state index in [2.05, 4.69) is 5.32 Å². The molecule has 2 N–H and O–H groups in total. The van der Waals surface area contributed by atoms with Gasteiger partial charge in [0.05, 0.1) is 0 Å². The maximum Gasteiger partial charge on any atom is 0.429 e. The van der Waals surface area contributed by atoms with E-state index in [1.807, 2.05) is 19.9 Å². The predicted molar refractivity (Wildman–Crippen MR) is 89.7 cm³/mol. The number of nitrogens with zero attached hydrogens (tertiary/aromatic N) is 2. The molecule has 1 heterocycles. The molecule has 3 amide bonds. The van der Waals surface area contributed by atoms with Gasteiger partial charge in [0.1, 0.15) is 0 Å². The molecular formula is C17H23N3O5. The maximum atomic E-state index is 12.4. The number of rotatable bonds is 5. The average Bonchev–Trinajstić information content (AvgIpc) is 3.04. The molecule has 0 bridgehead atoms. The second-order valence-electron chi connectivity index (χ2n) is 6.10. The van der Waals surface area contributed by atoms with Gasteiger partial charge in [0.2, 0.25) is 6.10 Å². The summed E-state index contributed by atoms with van der Waals surface area (Å²) in [5.41, 5.74) is 0.749. The number of amides is 3. The first-order chi connectivity index (χ1) is 11.9. The smallest absolute Gasteiger partial charge is 0.429 e. The Hall–Kier alpha value is -2.77. The molecule has 0 unspecified atom stereocenters. The molecule has 1 aromatic rings. The van der Waals surface area contributed by atoms with E-state index in [4.69, 9.17) is 4.74 Å². The molecule has 1 atom stereocenters. The Balaban J connectivity index is 2.02. The number of ether oxygens (including phenoxy) is 1. The number of hydrogen-bond donors (Lipinski definition) is 2. The number of carbonyl (C=O) groups excluding carboxylic acids is 2. The van der Waals surface area contributed by atoms with Crippen LogP contribution in [0, 0.1) is 0 Å². The SMILES string of the molecule is CC(C)NC(=O)N1CCCN1C(=O)O[C@@H](Cc1ccccc1)C(=O)O. The summed E-state index contributed by atoms with van der Waals surface area (Å²) in [5, 5.41) is 14.4. The monoisotopic (exact) mass is 349 g/mol. The Morgan fingerprint density at radius 3 is 2.40 bits per heavy atom. The minimum absolute atomic E-state index is 0.0634. The summed E-state index contributed by atoms with van der Waals surface area (Å²) < 4.78 is 5.15. The van der Waals surface area contributed by atoms with Crippen molar-refractivity contribution >= 4 is 18.1 Å². The van der Waals surface area contributed by atoms with Crippen LogP contribution in [-0.4, -0.2) is 58.5 Å². The quantitative estimate of drug-likeness (QED) is 0.845. The number of hydrogen-bond acceptors (Lipinski definition) is 4. The largest absolute Gasteiger partial charge is 0.478 e. The van der Waals surface area contributed by atoms with Crippen LogP contribution >= 0.6 is 0 Å². The summed E-state index contributed by atoms with van der Waals surface area (Å²) in [7, 11) is 0.